The van der Waals surface area contributed by atoms with Gasteiger partial charge in [-0.25, -0.2) is 0 Å². The molecule has 0 spiro atoms. The second-order valence-electron chi connectivity index (χ2n) is 10.5. The van der Waals surface area contributed by atoms with Gasteiger partial charge in [-0.1, -0.05) is 160 Å². The third-order valence-electron chi connectivity index (χ3n) is 6.64. The molecule has 0 aromatic heterocycles. The van der Waals surface area contributed by atoms with Crippen LogP contribution in [0.2, 0.25) is 10.0 Å². The number of amides is 1. The summed E-state index contributed by atoms with van der Waals surface area (Å²) in [6, 6.07) is 4.98. The summed E-state index contributed by atoms with van der Waals surface area (Å²) >= 11 is 11.5. The van der Waals surface area contributed by atoms with Crippen molar-refractivity contribution in [3.05, 3.63) is 28.2 Å². The van der Waals surface area contributed by atoms with Crippen molar-refractivity contribution in [1.29, 1.82) is 0 Å². The molecule has 39 heavy (non-hydrogen) atoms. The number of carbonyl (C=O) groups is 1. The van der Waals surface area contributed by atoms with Crippen molar-refractivity contribution in [3.63, 3.8) is 0 Å². The van der Waals surface area contributed by atoms with Gasteiger partial charge in [0, 0.05) is 12.1 Å². The summed E-state index contributed by atoms with van der Waals surface area (Å²) in [5.74, 6) is -0.0432. The fraction of sp³-hybridized carbons (Fsp3) is 0.788. The average molecular weight is 589 g/mol. The number of nitrogens with two attached hydrogens (primary N) is 2. The zero-order valence-corrected chi connectivity index (χ0v) is 27.3. The second kappa shape index (κ2) is 33.4. The van der Waals surface area contributed by atoms with Crippen molar-refractivity contribution in [1.82, 2.24) is 0 Å². The molecule has 5 N–H and O–H groups in total. The minimum atomic E-state index is -0.0432. The molecule has 0 heterocycles. The monoisotopic (exact) mass is 587 g/mol. The summed E-state index contributed by atoms with van der Waals surface area (Å²) in [5.41, 5.74) is 11.5. The molecule has 0 radical (unpaired) electrons. The Labute approximate surface area is 252 Å². The summed E-state index contributed by atoms with van der Waals surface area (Å²) in [6.07, 6.45) is 28.3. The maximum atomic E-state index is 11.0. The summed E-state index contributed by atoms with van der Waals surface area (Å²) < 4.78 is 0. The van der Waals surface area contributed by atoms with Crippen molar-refractivity contribution in [2.75, 3.05) is 18.4 Å². The van der Waals surface area contributed by atoms with Crippen molar-refractivity contribution >= 4 is 34.8 Å². The van der Waals surface area contributed by atoms with Crippen LogP contribution in [0.25, 0.3) is 0 Å². The number of halogens is 2. The van der Waals surface area contributed by atoms with Crippen LogP contribution in [-0.4, -0.2) is 19.0 Å². The molecule has 0 aliphatic heterocycles. The number of unbranched alkanes of at least 4 members (excludes halogenated alkanes) is 18. The highest BCUT2D eigenvalue weighted by atomic mass is 35.5. The van der Waals surface area contributed by atoms with Gasteiger partial charge < -0.3 is 16.8 Å². The van der Waals surface area contributed by atoms with Crippen LogP contribution in [0, 0.1) is 0 Å². The van der Waals surface area contributed by atoms with Gasteiger partial charge in [0.05, 0.1) is 10.0 Å². The van der Waals surface area contributed by atoms with E-state index in [4.69, 9.17) is 34.7 Å². The molecule has 6 heteroatoms. The second-order valence-corrected chi connectivity index (χ2v) is 11.3. The summed E-state index contributed by atoms with van der Waals surface area (Å²) in [4.78, 5) is 11.0. The molecule has 0 saturated carbocycles. The highest BCUT2D eigenvalue weighted by Gasteiger charge is 2.01. The number of carbonyl (C=O) groups excluding carboxylic acids is 1. The van der Waals surface area contributed by atoms with E-state index in [9.17, 15) is 4.79 Å². The Bertz CT molecular complexity index is 601. The topological polar surface area (TPSA) is 81.1 Å². The summed E-state index contributed by atoms with van der Waals surface area (Å²) in [7, 11) is 0. The number of anilines is 1. The van der Waals surface area contributed by atoms with E-state index >= 15 is 0 Å². The van der Waals surface area contributed by atoms with E-state index < -0.39 is 0 Å². The molecule has 0 aliphatic carbocycles. The van der Waals surface area contributed by atoms with Crippen LogP contribution in [-0.2, 0) is 4.79 Å². The van der Waals surface area contributed by atoms with Gasteiger partial charge in [0.25, 0.3) is 0 Å². The largest absolute Gasteiger partial charge is 0.330 e. The molecular weight excluding hydrogens is 525 g/mol. The first-order valence-electron chi connectivity index (χ1n) is 16.1. The first kappa shape index (κ1) is 40.3. The first-order valence-corrected chi connectivity index (χ1v) is 16.9. The Morgan fingerprint density at radius 1 is 0.590 bits per heavy atom. The SMILES string of the molecule is CCC(=O)Nc1ccc(Cl)c(Cl)c1.CCCCCCCCCCCCN.CCCCCCCCCCCCN. The number of hydrogen-bond acceptors (Lipinski definition) is 3. The first-order chi connectivity index (χ1) is 19.0. The minimum Gasteiger partial charge on any atom is -0.330 e. The Kier molecular flexibility index (Phi) is 34.5. The van der Waals surface area contributed by atoms with Crippen molar-refractivity contribution < 1.29 is 4.79 Å². The van der Waals surface area contributed by atoms with Gasteiger partial charge in [-0.05, 0) is 44.1 Å². The third-order valence-corrected chi connectivity index (χ3v) is 7.38. The number of benzene rings is 1. The number of rotatable bonds is 22. The van der Waals surface area contributed by atoms with Crippen molar-refractivity contribution in [2.45, 2.75) is 156 Å². The third kappa shape index (κ3) is 31.6. The Morgan fingerprint density at radius 3 is 1.26 bits per heavy atom. The van der Waals surface area contributed by atoms with E-state index in [1.165, 1.54) is 128 Å². The number of nitrogens with one attached hydrogen (secondary N) is 1. The van der Waals surface area contributed by atoms with Gasteiger partial charge in [0.1, 0.15) is 0 Å². The molecule has 0 atom stereocenters. The fourth-order valence-corrected chi connectivity index (χ4v) is 4.38. The van der Waals surface area contributed by atoms with Crippen LogP contribution in [0.1, 0.15) is 156 Å². The van der Waals surface area contributed by atoms with Crippen LogP contribution >= 0.6 is 23.2 Å². The standard InChI is InChI=1S/2C12H27N.C9H9Cl2NO/c2*1-2-3-4-5-6-7-8-9-10-11-12-13;1-2-9(13)12-6-3-4-7(10)8(11)5-6/h2*2-13H2,1H3;3-5H,2H2,1H3,(H,12,13). The molecule has 1 aromatic carbocycles. The highest BCUT2D eigenvalue weighted by molar-refractivity contribution is 6.42. The quantitative estimate of drug-likeness (QED) is 0.118. The van der Waals surface area contributed by atoms with Gasteiger partial charge in [0.15, 0.2) is 0 Å². The summed E-state index contributed by atoms with van der Waals surface area (Å²) in [6.45, 7) is 8.07. The highest BCUT2D eigenvalue weighted by Crippen LogP contribution is 2.25. The lowest BCUT2D eigenvalue weighted by atomic mass is 10.1. The molecule has 1 rings (SSSR count). The zero-order chi connectivity index (χ0) is 29.4. The van der Waals surface area contributed by atoms with Gasteiger partial charge in [-0.3, -0.25) is 4.79 Å². The van der Waals surface area contributed by atoms with E-state index in [1.54, 1.807) is 25.1 Å². The van der Waals surface area contributed by atoms with Crippen LogP contribution in [0.3, 0.4) is 0 Å². The molecule has 0 fully saturated rings. The van der Waals surface area contributed by atoms with Gasteiger partial charge in [0.2, 0.25) is 5.91 Å². The fourth-order valence-electron chi connectivity index (χ4n) is 4.09. The Hall–Kier alpha value is -0.810. The normalized spacial score (nSPS) is 10.3. The molecule has 0 unspecified atom stereocenters. The van der Waals surface area contributed by atoms with Gasteiger partial charge >= 0.3 is 0 Å². The van der Waals surface area contributed by atoms with Gasteiger partial charge in [-0.15, -0.1) is 0 Å². The predicted octanol–water partition coefficient (Wildman–Crippen LogP) is 11.1. The maximum absolute atomic E-state index is 11.0. The van der Waals surface area contributed by atoms with E-state index in [-0.39, 0.29) is 5.91 Å². The van der Waals surface area contributed by atoms with Crippen LogP contribution in [0.5, 0.6) is 0 Å². The molecule has 0 saturated heterocycles. The van der Waals surface area contributed by atoms with E-state index in [1.807, 2.05) is 0 Å². The average Bonchev–Trinajstić information content (AvgIpc) is 2.94. The van der Waals surface area contributed by atoms with Crippen molar-refractivity contribution in [3.8, 4) is 0 Å². The molecule has 230 valence electrons. The summed E-state index contributed by atoms with van der Waals surface area (Å²) in [5, 5.41) is 3.60. The lowest BCUT2D eigenvalue weighted by Gasteiger charge is -2.04. The number of hydrogen-bond donors (Lipinski definition) is 3. The molecule has 0 aliphatic rings. The van der Waals surface area contributed by atoms with E-state index in [0.29, 0.717) is 22.2 Å². The Morgan fingerprint density at radius 2 is 0.949 bits per heavy atom. The predicted molar refractivity (Wildman–Crippen MR) is 177 cm³/mol. The molecule has 0 bridgehead atoms. The zero-order valence-electron chi connectivity index (χ0n) is 25.8. The van der Waals surface area contributed by atoms with Crippen molar-refractivity contribution in [2.24, 2.45) is 11.5 Å². The lowest BCUT2D eigenvalue weighted by molar-refractivity contribution is -0.115. The molecule has 4 nitrogen and oxygen atoms in total. The lowest BCUT2D eigenvalue weighted by Crippen LogP contribution is -2.09. The van der Waals surface area contributed by atoms with E-state index in [2.05, 4.69) is 19.2 Å². The van der Waals surface area contributed by atoms with Crippen LogP contribution < -0.4 is 16.8 Å². The molecular formula is C33H63Cl2N3O. The minimum absolute atomic E-state index is 0.0432. The maximum Gasteiger partial charge on any atom is 0.224 e. The van der Waals surface area contributed by atoms with Crippen LogP contribution in [0.15, 0.2) is 18.2 Å². The molecule has 1 aromatic rings. The van der Waals surface area contributed by atoms with E-state index in [0.717, 1.165) is 13.1 Å². The Balaban J connectivity index is 0. The van der Waals surface area contributed by atoms with Crippen LogP contribution in [0.4, 0.5) is 5.69 Å². The smallest absolute Gasteiger partial charge is 0.224 e. The molecule has 1 amide bonds. The van der Waals surface area contributed by atoms with Gasteiger partial charge in [-0.2, -0.15) is 0 Å².